The number of carbonyl (C=O) groups is 2. The summed E-state index contributed by atoms with van der Waals surface area (Å²) >= 11 is 0. The highest BCUT2D eigenvalue weighted by atomic mass is 32.3. The minimum absolute atomic E-state index is 0.125. The normalized spacial score (nSPS) is 48.2. The molecule has 1 heterocycles. The maximum absolute atomic E-state index is 13.7. The predicted molar refractivity (Wildman–Crippen MR) is 225 cm³/mol. The zero-order valence-electron chi connectivity index (χ0n) is 36.9. The molecule has 0 bridgehead atoms. The van der Waals surface area contributed by atoms with Crippen LogP contribution in [0.3, 0.4) is 0 Å². The minimum atomic E-state index is -2.41. The zero-order valence-corrected chi connectivity index (χ0v) is 37.7. The minimum Gasteiger partial charge on any atom is -0.481 e. The number of esters is 1. The quantitative estimate of drug-likeness (QED) is 0.170. The second-order valence-electron chi connectivity index (χ2n) is 23.9. The summed E-state index contributed by atoms with van der Waals surface area (Å²) in [6.45, 7) is 26.7. The average molecular weight is 801 g/mol. The first-order valence-electron chi connectivity index (χ1n) is 23.1. The lowest BCUT2D eigenvalue weighted by atomic mass is 9.32. The molecule has 0 aromatic heterocycles. The van der Waals surface area contributed by atoms with E-state index < -0.39 is 27.9 Å². The largest absolute Gasteiger partial charge is 0.481 e. The van der Waals surface area contributed by atoms with E-state index in [1.54, 1.807) is 0 Å². The monoisotopic (exact) mass is 801 g/mol. The maximum atomic E-state index is 13.7. The first-order chi connectivity index (χ1) is 26.0. The van der Waals surface area contributed by atoms with Crippen molar-refractivity contribution in [3.63, 3.8) is 0 Å². The van der Waals surface area contributed by atoms with Gasteiger partial charge in [-0.05, 0) is 146 Å². The SMILES string of the molecule is CC(C)[C@@H](CN[C@]12CC[C@@H](C3(C)CC3)[C@@H]1[C@H]1CC[C@@H]3[C@@]4(C)CC[C@H](OC(=O)[C@H]5C[C@@H](C(=O)O)C5(C)C)C(C)(C)[C@@H]4CC[C@@]3(C)[C@]1(C)CC2)N1CCS(O)(O)CC1. The van der Waals surface area contributed by atoms with Crippen molar-refractivity contribution in [2.45, 2.75) is 170 Å². The molecular weight excluding hydrogens is 721 g/mol. The van der Waals surface area contributed by atoms with Gasteiger partial charge < -0.3 is 15.2 Å². The number of aliphatic carboxylic acids is 1. The van der Waals surface area contributed by atoms with Gasteiger partial charge in [-0.25, -0.2) is 0 Å². The van der Waals surface area contributed by atoms with Crippen molar-refractivity contribution >= 4 is 22.5 Å². The number of carboxylic acid groups (broad SMARTS) is 1. The van der Waals surface area contributed by atoms with Gasteiger partial charge in [0, 0.05) is 36.6 Å². The number of nitrogens with one attached hydrogen (secondary N) is 1. The lowest BCUT2D eigenvalue weighted by Crippen LogP contribution is -2.69. The lowest BCUT2D eigenvalue weighted by molar-refractivity contribution is -0.250. The summed E-state index contributed by atoms with van der Waals surface area (Å²) in [6.07, 6.45) is 15.4. The van der Waals surface area contributed by atoms with E-state index in [-0.39, 0.29) is 45.2 Å². The molecule has 7 aliphatic carbocycles. The standard InChI is InChI=1S/C47H80N2O6S/c1-29(2)34(49-23-25-56(53,54)26-24-49)28-48-47-18-13-30(43(7)19-20-43)38(47)31-11-12-36-44(8)16-15-37(55-40(52)33-27-32(39(50)51)41(33,3)4)42(5,6)35(44)14-17-46(36,10)45(31,9)21-22-47/h29-38,48,53-54H,11-28H2,1-10H3,(H,50,51)/t30-,31-,32+,33-,34-,35+,36-,37+,38-,44+,45-,46-,47+/m1/s1. The van der Waals surface area contributed by atoms with Gasteiger partial charge in [-0.3, -0.25) is 23.6 Å². The fourth-order valence-corrected chi connectivity index (χ4v) is 17.8. The van der Waals surface area contributed by atoms with Crippen LogP contribution < -0.4 is 5.32 Å². The highest BCUT2D eigenvalue weighted by molar-refractivity contribution is 8.24. The number of nitrogens with zero attached hydrogens (tertiary/aromatic N) is 1. The molecule has 1 saturated heterocycles. The Kier molecular flexibility index (Phi) is 10.1. The molecule has 0 unspecified atom stereocenters. The van der Waals surface area contributed by atoms with Gasteiger partial charge in [0.15, 0.2) is 0 Å². The van der Waals surface area contributed by atoms with E-state index in [1.165, 1.54) is 64.2 Å². The van der Waals surface area contributed by atoms with Gasteiger partial charge in [0.25, 0.3) is 0 Å². The molecular formula is C47H80N2O6S. The summed E-state index contributed by atoms with van der Waals surface area (Å²) in [5.41, 5.74) is 0.736. The Hall–Kier alpha value is -0.870. The van der Waals surface area contributed by atoms with Crippen LogP contribution in [0.25, 0.3) is 0 Å². The third-order valence-corrected chi connectivity index (χ3v) is 22.4. The Balaban J connectivity index is 1.02. The van der Waals surface area contributed by atoms with Crippen LogP contribution in [0, 0.1) is 79.8 Å². The van der Waals surface area contributed by atoms with Gasteiger partial charge in [0.05, 0.1) is 23.3 Å². The zero-order chi connectivity index (χ0) is 40.6. The molecule has 7 saturated carbocycles. The predicted octanol–water partition coefficient (Wildman–Crippen LogP) is 9.96. The molecule has 9 heteroatoms. The molecule has 320 valence electrons. The fraction of sp³-hybridized carbons (Fsp3) is 0.957. The summed E-state index contributed by atoms with van der Waals surface area (Å²) in [5.74, 6) is 3.11. The summed E-state index contributed by atoms with van der Waals surface area (Å²) in [4.78, 5) is 28.1. The Bertz CT molecular complexity index is 1550. The Morgan fingerprint density at radius 3 is 2.04 bits per heavy atom. The van der Waals surface area contributed by atoms with Gasteiger partial charge in [0.2, 0.25) is 0 Å². The van der Waals surface area contributed by atoms with Crippen molar-refractivity contribution < 1.29 is 28.5 Å². The van der Waals surface area contributed by atoms with Crippen molar-refractivity contribution in [3.8, 4) is 0 Å². The molecule has 0 aromatic carbocycles. The van der Waals surface area contributed by atoms with E-state index >= 15 is 0 Å². The van der Waals surface area contributed by atoms with E-state index in [2.05, 4.69) is 65.6 Å². The van der Waals surface area contributed by atoms with Crippen LogP contribution in [0.4, 0.5) is 0 Å². The number of rotatable bonds is 9. The number of fused-ring (bicyclic) bond motifs is 7. The fourth-order valence-electron chi connectivity index (χ4n) is 16.6. The summed E-state index contributed by atoms with van der Waals surface area (Å²) in [7, 11) is -2.41. The third kappa shape index (κ3) is 6.16. The van der Waals surface area contributed by atoms with Gasteiger partial charge in [-0.1, -0.05) is 69.2 Å². The van der Waals surface area contributed by atoms with Gasteiger partial charge in [-0.2, -0.15) is 10.6 Å². The van der Waals surface area contributed by atoms with Crippen LogP contribution >= 0.6 is 10.6 Å². The van der Waals surface area contributed by atoms with Crippen LogP contribution in [0.5, 0.6) is 0 Å². The molecule has 0 spiro atoms. The smallest absolute Gasteiger partial charge is 0.309 e. The molecule has 13 atom stereocenters. The Morgan fingerprint density at radius 2 is 1.43 bits per heavy atom. The topological polar surface area (TPSA) is 119 Å². The molecule has 0 amide bonds. The molecule has 0 radical (unpaired) electrons. The molecule has 56 heavy (non-hydrogen) atoms. The van der Waals surface area contributed by atoms with E-state index in [0.29, 0.717) is 53.1 Å². The van der Waals surface area contributed by atoms with Gasteiger partial charge in [-0.15, -0.1) is 0 Å². The highest BCUT2D eigenvalue weighted by Gasteiger charge is 2.72. The number of ether oxygens (including phenoxy) is 1. The average Bonchev–Trinajstić information content (AvgIpc) is 3.72. The second kappa shape index (κ2) is 13.6. The molecule has 8 nitrogen and oxygen atoms in total. The van der Waals surface area contributed by atoms with Gasteiger partial charge >= 0.3 is 11.9 Å². The second-order valence-corrected chi connectivity index (χ2v) is 26.3. The van der Waals surface area contributed by atoms with Crippen LogP contribution in [0.15, 0.2) is 0 Å². The van der Waals surface area contributed by atoms with Gasteiger partial charge in [0.1, 0.15) is 6.10 Å². The van der Waals surface area contributed by atoms with E-state index in [4.69, 9.17) is 4.74 Å². The Morgan fingerprint density at radius 1 is 0.750 bits per heavy atom. The molecule has 4 N–H and O–H groups in total. The first kappa shape index (κ1) is 41.8. The number of hydrogen-bond donors (Lipinski definition) is 4. The van der Waals surface area contributed by atoms with E-state index in [0.717, 1.165) is 44.3 Å². The molecule has 8 rings (SSSR count). The maximum Gasteiger partial charge on any atom is 0.309 e. The number of carboxylic acids is 1. The van der Waals surface area contributed by atoms with Crippen molar-refractivity contribution in [2.24, 2.45) is 79.8 Å². The van der Waals surface area contributed by atoms with E-state index in [1.807, 2.05) is 13.8 Å². The van der Waals surface area contributed by atoms with Crippen molar-refractivity contribution in [2.75, 3.05) is 31.1 Å². The molecule has 8 aliphatic rings. The number of carbonyl (C=O) groups excluding carboxylic acids is 1. The first-order valence-corrected chi connectivity index (χ1v) is 25.0. The van der Waals surface area contributed by atoms with Crippen molar-refractivity contribution in [3.05, 3.63) is 0 Å². The highest BCUT2D eigenvalue weighted by Crippen LogP contribution is 2.78. The third-order valence-electron chi connectivity index (χ3n) is 20.7. The summed E-state index contributed by atoms with van der Waals surface area (Å²) in [5, 5.41) is 14.1. The number of hydrogen-bond acceptors (Lipinski definition) is 7. The van der Waals surface area contributed by atoms with Crippen LogP contribution in [0.1, 0.15) is 153 Å². The Labute approximate surface area is 341 Å². The molecule has 0 aromatic rings. The summed E-state index contributed by atoms with van der Waals surface area (Å²) < 4.78 is 27.3. The molecule has 1 aliphatic heterocycles. The van der Waals surface area contributed by atoms with Crippen molar-refractivity contribution in [1.29, 1.82) is 0 Å². The van der Waals surface area contributed by atoms with Crippen molar-refractivity contribution in [1.82, 2.24) is 10.2 Å². The van der Waals surface area contributed by atoms with Crippen LogP contribution in [-0.2, 0) is 14.3 Å². The van der Waals surface area contributed by atoms with Crippen LogP contribution in [0.2, 0.25) is 0 Å². The lowest BCUT2D eigenvalue weighted by Gasteiger charge is -2.73. The summed E-state index contributed by atoms with van der Waals surface area (Å²) in [6, 6.07) is 0.410. The molecule has 8 fully saturated rings. The van der Waals surface area contributed by atoms with Crippen LogP contribution in [-0.4, -0.2) is 79.9 Å². The van der Waals surface area contributed by atoms with E-state index in [9.17, 15) is 23.8 Å².